The van der Waals surface area contributed by atoms with E-state index in [1.165, 1.54) is 4.90 Å². The van der Waals surface area contributed by atoms with Crippen LogP contribution < -0.4 is 10.6 Å². The third-order valence-electron chi connectivity index (χ3n) is 4.78. The van der Waals surface area contributed by atoms with Crippen LogP contribution in [0.3, 0.4) is 0 Å². The van der Waals surface area contributed by atoms with Crippen LogP contribution in [0.15, 0.2) is 53.0 Å². The average Bonchev–Trinajstić information content (AvgIpc) is 2.72. The van der Waals surface area contributed by atoms with Gasteiger partial charge in [0.25, 0.3) is 5.91 Å². The Morgan fingerprint density at radius 2 is 1.73 bits per heavy atom. The molecule has 0 heterocycles. The van der Waals surface area contributed by atoms with E-state index in [1.807, 2.05) is 26.0 Å². The highest BCUT2D eigenvalue weighted by molar-refractivity contribution is 9.10. The maximum absolute atomic E-state index is 13.0. The Balaban J connectivity index is 2.06. The van der Waals surface area contributed by atoms with Crippen molar-refractivity contribution in [3.05, 3.63) is 63.6 Å². The lowest BCUT2D eigenvalue weighted by molar-refractivity contribution is -0.136. The van der Waals surface area contributed by atoms with E-state index in [0.29, 0.717) is 22.7 Å². The molecule has 0 radical (unpaired) electrons. The maximum atomic E-state index is 13.0. The average molecular weight is 495 g/mol. The minimum Gasteiger partial charge on any atom is -0.340 e. The molecule has 0 aliphatic rings. The van der Waals surface area contributed by atoms with Gasteiger partial charge in [-0.3, -0.25) is 14.4 Å². The molecule has 0 aliphatic heterocycles. The normalized spacial score (nSPS) is 12.6. The van der Waals surface area contributed by atoms with E-state index in [4.69, 9.17) is 11.6 Å². The van der Waals surface area contributed by atoms with Crippen molar-refractivity contribution in [2.75, 3.05) is 18.9 Å². The minimum atomic E-state index is -0.751. The van der Waals surface area contributed by atoms with Gasteiger partial charge in [-0.25, -0.2) is 0 Å². The summed E-state index contributed by atoms with van der Waals surface area (Å²) in [5.74, 6) is -1.13. The van der Waals surface area contributed by atoms with Crippen LogP contribution in [0.4, 0.5) is 5.69 Å². The third-order valence-corrected chi connectivity index (χ3v) is 5.72. The van der Waals surface area contributed by atoms with Gasteiger partial charge >= 0.3 is 0 Å². The number of amides is 3. The van der Waals surface area contributed by atoms with Crippen LogP contribution in [0.5, 0.6) is 0 Å². The topological polar surface area (TPSA) is 78.5 Å². The molecule has 2 N–H and O–H groups in total. The molecule has 0 aromatic heterocycles. The first-order chi connectivity index (χ1) is 14.2. The molecule has 30 heavy (non-hydrogen) atoms. The first kappa shape index (κ1) is 23.9. The molecule has 2 aromatic carbocycles. The molecule has 0 bridgehead atoms. The summed E-state index contributed by atoms with van der Waals surface area (Å²) in [7, 11) is 1.55. The molecule has 2 rings (SSSR count). The van der Waals surface area contributed by atoms with Gasteiger partial charge in [-0.15, -0.1) is 0 Å². The van der Waals surface area contributed by atoms with E-state index in [0.717, 1.165) is 4.47 Å². The van der Waals surface area contributed by atoms with Gasteiger partial charge in [-0.2, -0.15) is 0 Å². The highest BCUT2D eigenvalue weighted by Crippen LogP contribution is 2.21. The van der Waals surface area contributed by atoms with Crippen molar-refractivity contribution in [3.63, 3.8) is 0 Å². The highest BCUT2D eigenvalue weighted by Gasteiger charge is 2.29. The zero-order valence-corrected chi connectivity index (χ0v) is 19.5. The lowest BCUT2D eigenvalue weighted by Gasteiger charge is -2.28. The van der Waals surface area contributed by atoms with Crippen molar-refractivity contribution in [1.29, 1.82) is 0 Å². The molecule has 0 aliphatic carbocycles. The summed E-state index contributed by atoms with van der Waals surface area (Å²) in [6.45, 7) is 3.70. The Morgan fingerprint density at radius 1 is 1.10 bits per heavy atom. The summed E-state index contributed by atoms with van der Waals surface area (Å²) in [4.78, 5) is 39.3. The zero-order valence-electron chi connectivity index (χ0n) is 17.1. The number of nitrogens with one attached hydrogen (secondary N) is 2. The lowest BCUT2D eigenvalue weighted by atomic mass is 9.97. The first-order valence-electron chi connectivity index (χ1n) is 9.58. The Hall–Kier alpha value is -2.38. The van der Waals surface area contributed by atoms with Crippen molar-refractivity contribution in [2.45, 2.75) is 26.3 Å². The van der Waals surface area contributed by atoms with Crippen molar-refractivity contribution in [2.24, 2.45) is 5.92 Å². The number of rotatable bonds is 8. The zero-order chi connectivity index (χ0) is 22.3. The molecular formula is C22H25BrClN3O3. The fraction of sp³-hybridized carbons (Fsp3) is 0.318. The number of hydrogen-bond donors (Lipinski definition) is 2. The summed E-state index contributed by atoms with van der Waals surface area (Å²) >= 11 is 9.24. The highest BCUT2D eigenvalue weighted by atomic mass is 79.9. The maximum Gasteiger partial charge on any atom is 0.251 e. The lowest BCUT2D eigenvalue weighted by Crippen LogP contribution is -2.52. The summed E-state index contributed by atoms with van der Waals surface area (Å²) in [5.41, 5.74) is 1.03. The molecule has 6 nitrogen and oxygen atoms in total. The van der Waals surface area contributed by atoms with Gasteiger partial charge in [0.1, 0.15) is 6.04 Å². The second-order valence-corrected chi connectivity index (χ2v) is 8.36. The Bertz CT molecular complexity index is 905. The fourth-order valence-electron chi connectivity index (χ4n) is 2.79. The number of carbonyl (C=O) groups is 3. The Labute approximate surface area is 190 Å². The van der Waals surface area contributed by atoms with Gasteiger partial charge in [0, 0.05) is 22.1 Å². The van der Waals surface area contributed by atoms with Crippen molar-refractivity contribution in [1.82, 2.24) is 10.2 Å². The van der Waals surface area contributed by atoms with Gasteiger partial charge in [-0.05, 0) is 58.2 Å². The van der Waals surface area contributed by atoms with E-state index >= 15 is 0 Å². The van der Waals surface area contributed by atoms with E-state index in [-0.39, 0.29) is 30.2 Å². The fourth-order valence-corrected chi connectivity index (χ4v) is 3.30. The number of hydrogen-bond acceptors (Lipinski definition) is 3. The second kappa shape index (κ2) is 11.1. The minimum absolute atomic E-state index is 0.109. The predicted octanol–water partition coefficient (Wildman–Crippen LogP) is 4.34. The van der Waals surface area contributed by atoms with Crippen LogP contribution in [-0.4, -0.2) is 42.3 Å². The summed E-state index contributed by atoms with van der Waals surface area (Å²) in [5, 5.41) is 6.10. The van der Waals surface area contributed by atoms with Crippen LogP contribution in [0.1, 0.15) is 30.6 Å². The number of anilines is 1. The van der Waals surface area contributed by atoms with Crippen LogP contribution in [0, 0.1) is 5.92 Å². The van der Waals surface area contributed by atoms with Gasteiger partial charge in [0.05, 0.1) is 12.2 Å². The van der Waals surface area contributed by atoms with E-state index < -0.39 is 6.04 Å². The number of benzene rings is 2. The predicted molar refractivity (Wildman–Crippen MR) is 123 cm³/mol. The molecule has 0 fully saturated rings. The summed E-state index contributed by atoms with van der Waals surface area (Å²) < 4.78 is 0.750. The van der Waals surface area contributed by atoms with Crippen molar-refractivity contribution in [3.8, 4) is 0 Å². The number of carbonyl (C=O) groups excluding carboxylic acids is 3. The van der Waals surface area contributed by atoms with Crippen molar-refractivity contribution >= 4 is 50.9 Å². The third kappa shape index (κ3) is 6.57. The standard InChI is InChI=1S/C22H25BrClN3O3/c1-4-14(2)20(26-21(29)15-9-11-16(24)12-10-15)22(30)27(3)13-19(28)25-18-8-6-5-7-17(18)23/h5-12,14,20H,4,13H2,1-3H3,(H,25,28)(H,26,29). The van der Waals surface area contributed by atoms with Crippen molar-refractivity contribution < 1.29 is 14.4 Å². The number of para-hydroxylation sites is 1. The summed E-state index contributed by atoms with van der Waals surface area (Å²) in [6, 6.07) is 12.9. The molecular weight excluding hydrogens is 470 g/mol. The van der Waals surface area contributed by atoms with Crippen LogP contribution in [0.25, 0.3) is 0 Å². The molecule has 0 saturated heterocycles. The largest absolute Gasteiger partial charge is 0.340 e. The molecule has 160 valence electrons. The second-order valence-electron chi connectivity index (χ2n) is 7.07. The summed E-state index contributed by atoms with van der Waals surface area (Å²) in [6.07, 6.45) is 0.689. The number of nitrogens with zero attached hydrogens (tertiary/aromatic N) is 1. The molecule has 0 spiro atoms. The smallest absolute Gasteiger partial charge is 0.251 e. The van der Waals surface area contributed by atoms with E-state index in [1.54, 1.807) is 43.4 Å². The quantitative estimate of drug-likeness (QED) is 0.573. The van der Waals surface area contributed by atoms with Crippen LogP contribution in [0.2, 0.25) is 5.02 Å². The molecule has 2 unspecified atom stereocenters. The van der Waals surface area contributed by atoms with Gasteiger partial charge in [-0.1, -0.05) is 44.0 Å². The van der Waals surface area contributed by atoms with Crippen LogP contribution >= 0.6 is 27.5 Å². The Morgan fingerprint density at radius 3 is 2.33 bits per heavy atom. The first-order valence-corrected chi connectivity index (χ1v) is 10.8. The molecule has 8 heteroatoms. The van der Waals surface area contributed by atoms with Gasteiger partial charge in [0.2, 0.25) is 11.8 Å². The molecule has 3 amide bonds. The Kier molecular flexibility index (Phi) is 8.87. The molecule has 2 atom stereocenters. The van der Waals surface area contributed by atoms with Gasteiger partial charge in [0.15, 0.2) is 0 Å². The number of halogens is 2. The van der Waals surface area contributed by atoms with E-state index in [2.05, 4.69) is 26.6 Å². The SMILES string of the molecule is CCC(C)C(NC(=O)c1ccc(Cl)cc1)C(=O)N(C)CC(=O)Nc1ccccc1Br. The number of likely N-dealkylation sites (N-methyl/N-ethyl adjacent to an activating group) is 1. The van der Waals surface area contributed by atoms with Gasteiger partial charge < -0.3 is 15.5 Å². The van der Waals surface area contributed by atoms with Crippen LogP contribution in [-0.2, 0) is 9.59 Å². The molecule has 2 aromatic rings. The van der Waals surface area contributed by atoms with E-state index in [9.17, 15) is 14.4 Å². The monoisotopic (exact) mass is 493 g/mol. The molecule has 0 saturated carbocycles.